The maximum atomic E-state index is 12.2. The number of anilines is 1. The number of pyridine rings is 1. The van der Waals surface area contributed by atoms with Crippen molar-refractivity contribution < 1.29 is 14.3 Å². The summed E-state index contributed by atoms with van der Waals surface area (Å²) in [6.45, 7) is 1.48. The lowest BCUT2D eigenvalue weighted by atomic mass is 10.2. The molecule has 1 heterocycles. The minimum absolute atomic E-state index is 0.298. The van der Waals surface area contributed by atoms with E-state index >= 15 is 0 Å². The number of thioether (sulfide) groups is 1. The highest BCUT2D eigenvalue weighted by molar-refractivity contribution is 7.98. The summed E-state index contributed by atoms with van der Waals surface area (Å²) in [6.07, 6.45) is 2.39. The summed E-state index contributed by atoms with van der Waals surface area (Å²) in [5.74, 6) is -1.11. The molecule has 24 heavy (non-hydrogen) atoms. The number of hydrogen-bond acceptors (Lipinski definition) is 5. The lowest BCUT2D eigenvalue weighted by Gasteiger charge is -2.15. The van der Waals surface area contributed by atoms with Gasteiger partial charge in [-0.3, -0.25) is 4.79 Å². The molecule has 1 amide bonds. The van der Waals surface area contributed by atoms with E-state index in [0.717, 1.165) is 0 Å². The summed E-state index contributed by atoms with van der Waals surface area (Å²) in [5.41, 5.74) is 0.703. The number of carbonyl (C=O) groups is 2. The van der Waals surface area contributed by atoms with Crippen molar-refractivity contribution in [3.63, 3.8) is 0 Å². The second-order valence-electron chi connectivity index (χ2n) is 4.72. The van der Waals surface area contributed by atoms with Gasteiger partial charge in [0.2, 0.25) is 0 Å². The summed E-state index contributed by atoms with van der Waals surface area (Å²) in [5, 5.41) is 3.89. The molecule has 0 aliphatic carbocycles. The van der Waals surface area contributed by atoms with E-state index in [0.29, 0.717) is 26.3 Å². The van der Waals surface area contributed by atoms with Gasteiger partial charge in [0.15, 0.2) is 6.10 Å². The maximum absolute atomic E-state index is 12.2. The molecule has 5 nitrogen and oxygen atoms in total. The third-order valence-electron chi connectivity index (χ3n) is 3.03. The highest BCUT2D eigenvalue weighted by Gasteiger charge is 2.21. The van der Waals surface area contributed by atoms with Gasteiger partial charge in [0.1, 0.15) is 5.03 Å². The van der Waals surface area contributed by atoms with E-state index in [1.165, 1.54) is 24.8 Å². The zero-order chi connectivity index (χ0) is 17.7. The Hall–Kier alpha value is -1.76. The quantitative estimate of drug-likeness (QED) is 0.614. The second kappa shape index (κ2) is 8.37. The van der Waals surface area contributed by atoms with Gasteiger partial charge in [-0.2, -0.15) is 0 Å². The van der Waals surface area contributed by atoms with Crippen LogP contribution in [-0.4, -0.2) is 29.2 Å². The molecule has 8 heteroatoms. The van der Waals surface area contributed by atoms with Gasteiger partial charge in [0, 0.05) is 11.2 Å². The summed E-state index contributed by atoms with van der Waals surface area (Å²) >= 11 is 13.1. The van der Waals surface area contributed by atoms with Gasteiger partial charge in [-0.15, -0.1) is 11.8 Å². The number of esters is 1. The number of hydrogen-bond donors (Lipinski definition) is 1. The fraction of sp³-hybridized carbons (Fsp3) is 0.188. The molecule has 0 aliphatic rings. The van der Waals surface area contributed by atoms with Crippen molar-refractivity contribution in [1.82, 2.24) is 4.98 Å². The molecule has 2 rings (SSSR count). The average Bonchev–Trinajstić information content (AvgIpc) is 2.57. The van der Waals surface area contributed by atoms with E-state index < -0.39 is 18.0 Å². The van der Waals surface area contributed by atoms with Crippen LogP contribution in [0.3, 0.4) is 0 Å². The molecule has 1 aromatic heterocycles. The molecule has 1 unspecified atom stereocenters. The standard InChI is InChI=1S/C16H14Cl2N2O3S/c1-9(14(21)20-13-6-5-10(17)8-12(13)18)23-16(22)11-4-3-7-19-15(11)24-2/h3-9H,1-2H3,(H,20,21). The number of ether oxygens (including phenoxy) is 1. The summed E-state index contributed by atoms with van der Waals surface area (Å²) < 4.78 is 5.20. The van der Waals surface area contributed by atoms with Crippen LogP contribution < -0.4 is 5.32 Å². The maximum Gasteiger partial charge on any atom is 0.341 e. The van der Waals surface area contributed by atoms with E-state index in [9.17, 15) is 9.59 Å². The summed E-state index contributed by atoms with van der Waals surface area (Å²) in [6, 6.07) is 7.91. The van der Waals surface area contributed by atoms with E-state index in [-0.39, 0.29) is 0 Å². The van der Waals surface area contributed by atoms with Crippen LogP contribution in [0.25, 0.3) is 0 Å². The van der Waals surface area contributed by atoms with Gasteiger partial charge in [-0.05, 0) is 43.5 Å². The van der Waals surface area contributed by atoms with Crippen molar-refractivity contribution in [3.05, 3.63) is 52.1 Å². The first kappa shape index (κ1) is 18.6. The van der Waals surface area contributed by atoms with Gasteiger partial charge < -0.3 is 10.1 Å². The first-order valence-electron chi connectivity index (χ1n) is 6.88. The Kier molecular flexibility index (Phi) is 6.48. The van der Waals surface area contributed by atoms with Gasteiger partial charge in [0.05, 0.1) is 16.3 Å². The number of aromatic nitrogens is 1. The van der Waals surface area contributed by atoms with Gasteiger partial charge in [0.25, 0.3) is 5.91 Å². The Morgan fingerprint density at radius 3 is 2.71 bits per heavy atom. The number of nitrogens with one attached hydrogen (secondary N) is 1. The zero-order valence-corrected chi connectivity index (χ0v) is 15.2. The normalized spacial score (nSPS) is 11.7. The van der Waals surface area contributed by atoms with Crippen molar-refractivity contribution in [2.45, 2.75) is 18.1 Å². The smallest absolute Gasteiger partial charge is 0.341 e. The molecular formula is C16H14Cl2N2O3S. The molecule has 2 aromatic rings. The van der Waals surface area contributed by atoms with Crippen molar-refractivity contribution >= 4 is 52.5 Å². The van der Waals surface area contributed by atoms with Gasteiger partial charge in [-0.1, -0.05) is 23.2 Å². The second-order valence-corrected chi connectivity index (χ2v) is 6.36. The van der Waals surface area contributed by atoms with Gasteiger partial charge in [-0.25, -0.2) is 9.78 Å². The average molecular weight is 385 g/mol. The SMILES string of the molecule is CSc1ncccc1C(=O)OC(C)C(=O)Nc1ccc(Cl)cc1Cl. The third-order valence-corrected chi connectivity index (χ3v) is 4.29. The van der Waals surface area contributed by atoms with E-state index in [1.807, 2.05) is 0 Å². The molecule has 0 fully saturated rings. The number of rotatable bonds is 5. The van der Waals surface area contributed by atoms with Crippen LogP contribution in [0.5, 0.6) is 0 Å². The largest absolute Gasteiger partial charge is 0.449 e. The molecule has 1 atom stereocenters. The predicted octanol–water partition coefficient (Wildman–Crippen LogP) is 4.29. The molecule has 126 valence electrons. The number of carbonyl (C=O) groups excluding carboxylic acids is 2. The number of benzene rings is 1. The molecule has 0 spiro atoms. The molecule has 0 bridgehead atoms. The third kappa shape index (κ3) is 4.63. The Balaban J connectivity index is 2.04. The minimum atomic E-state index is -1.00. The highest BCUT2D eigenvalue weighted by atomic mass is 35.5. The molecule has 1 aromatic carbocycles. The molecule has 0 aliphatic heterocycles. The molecule has 0 radical (unpaired) electrons. The minimum Gasteiger partial charge on any atom is -0.449 e. The Labute approximate surface area is 153 Å². The molecule has 0 saturated heterocycles. The summed E-state index contributed by atoms with van der Waals surface area (Å²) in [7, 11) is 0. The first-order valence-corrected chi connectivity index (χ1v) is 8.86. The fourth-order valence-corrected chi connectivity index (χ4v) is 2.80. The molecular weight excluding hydrogens is 371 g/mol. The van der Waals surface area contributed by atoms with Crippen LogP contribution in [0.4, 0.5) is 5.69 Å². The van der Waals surface area contributed by atoms with Crippen molar-refractivity contribution in [3.8, 4) is 0 Å². The number of amides is 1. The molecule has 1 N–H and O–H groups in total. The van der Waals surface area contributed by atoms with E-state index in [4.69, 9.17) is 27.9 Å². The van der Waals surface area contributed by atoms with Crippen molar-refractivity contribution in [2.24, 2.45) is 0 Å². The van der Waals surface area contributed by atoms with E-state index in [1.54, 1.807) is 36.7 Å². The first-order chi connectivity index (χ1) is 11.4. The Morgan fingerprint density at radius 2 is 2.04 bits per heavy atom. The lowest BCUT2D eigenvalue weighted by Crippen LogP contribution is -2.30. The lowest BCUT2D eigenvalue weighted by molar-refractivity contribution is -0.123. The van der Waals surface area contributed by atoms with Crippen LogP contribution in [-0.2, 0) is 9.53 Å². The van der Waals surface area contributed by atoms with Gasteiger partial charge >= 0.3 is 5.97 Å². The fourth-order valence-electron chi connectivity index (χ4n) is 1.81. The van der Waals surface area contributed by atoms with Crippen molar-refractivity contribution in [2.75, 3.05) is 11.6 Å². The highest BCUT2D eigenvalue weighted by Crippen LogP contribution is 2.25. The van der Waals surface area contributed by atoms with Crippen LogP contribution in [0.2, 0.25) is 10.0 Å². The Bertz CT molecular complexity index is 771. The van der Waals surface area contributed by atoms with Crippen LogP contribution in [0, 0.1) is 0 Å². The zero-order valence-electron chi connectivity index (χ0n) is 12.9. The Morgan fingerprint density at radius 1 is 1.29 bits per heavy atom. The van der Waals surface area contributed by atoms with E-state index in [2.05, 4.69) is 10.3 Å². The monoisotopic (exact) mass is 384 g/mol. The molecule has 0 saturated carbocycles. The number of halogens is 2. The van der Waals surface area contributed by atoms with Crippen LogP contribution in [0.1, 0.15) is 17.3 Å². The topological polar surface area (TPSA) is 68.3 Å². The van der Waals surface area contributed by atoms with Crippen LogP contribution in [0.15, 0.2) is 41.6 Å². The van der Waals surface area contributed by atoms with Crippen LogP contribution >= 0.6 is 35.0 Å². The summed E-state index contributed by atoms with van der Waals surface area (Å²) in [4.78, 5) is 28.5. The number of nitrogens with zero attached hydrogens (tertiary/aromatic N) is 1. The predicted molar refractivity (Wildman–Crippen MR) is 96.0 cm³/mol. The van der Waals surface area contributed by atoms with Crippen molar-refractivity contribution in [1.29, 1.82) is 0 Å².